The number of cyclic esters (lactones) is 1. The smallest absolute Gasteiger partial charge is 0.416 e. The molecule has 1 saturated carbocycles. The van der Waals surface area contributed by atoms with Crippen LogP contribution in [0.2, 0.25) is 0 Å². The summed E-state index contributed by atoms with van der Waals surface area (Å²) in [4.78, 5) is 25.7. The lowest BCUT2D eigenvalue weighted by Crippen LogP contribution is -2.45. The van der Waals surface area contributed by atoms with E-state index in [1.54, 1.807) is 0 Å². The normalized spacial score (nSPS) is 37.7. The quantitative estimate of drug-likeness (QED) is 0.705. The van der Waals surface area contributed by atoms with E-state index in [4.69, 9.17) is 4.74 Å². The molecule has 2 bridgehead atoms. The first kappa shape index (κ1) is 11.8. The van der Waals surface area contributed by atoms with Crippen LogP contribution in [0.1, 0.15) is 26.7 Å². The molecule has 3 aliphatic rings. The summed E-state index contributed by atoms with van der Waals surface area (Å²) in [5, 5.41) is 0. The second-order valence-corrected chi connectivity index (χ2v) is 5.98. The fourth-order valence-electron chi connectivity index (χ4n) is 3.42. The van der Waals surface area contributed by atoms with Gasteiger partial charge in [0.1, 0.15) is 6.61 Å². The Hall–Kier alpha value is -1.32. The van der Waals surface area contributed by atoms with Gasteiger partial charge in [0.05, 0.1) is 6.04 Å². The molecule has 98 valence electrons. The number of nitrogens with zero attached hydrogens (tertiary/aromatic N) is 1. The number of amides is 2. The topological polar surface area (TPSA) is 46.6 Å². The van der Waals surface area contributed by atoms with Gasteiger partial charge in [-0.15, -0.1) is 0 Å². The van der Waals surface area contributed by atoms with Gasteiger partial charge in [0.15, 0.2) is 0 Å². The number of allylic oxidation sites excluding steroid dienone is 2. The number of ether oxygens (including phenoxy) is 1. The molecule has 1 aliphatic heterocycles. The van der Waals surface area contributed by atoms with Gasteiger partial charge >= 0.3 is 6.09 Å². The highest BCUT2D eigenvalue weighted by Crippen LogP contribution is 2.44. The van der Waals surface area contributed by atoms with Crippen LogP contribution in [0.25, 0.3) is 0 Å². The number of carbonyl (C=O) groups excluding carboxylic acids is 2. The van der Waals surface area contributed by atoms with E-state index in [-0.39, 0.29) is 23.8 Å². The van der Waals surface area contributed by atoms with E-state index in [9.17, 15) is 9.59 Å². The standard InChI is InChI=1S/C14H19NO3/c1-8(2)12-7-18-14(17)15(12)13(16)11-6-9-3-4-10(11)5-9/h3-4,8-12H,5-7H2,1-2H3/t9?,10?,11?,12-/m1/s1. The second kappa shape index (κ2) is 4.11. The Morgan fingerprint density at radius 2 is 2.17 bits per heavy atom. The molecule has 4 nitrogen and oxygen atoms in total. The van der Waals surface area contributed by atoms with Gasteiger partial charge in [0, 0.05) is 5.92 Å². The maximum Gasteiger partial charge on any atom is 0.416 e. The summed E-state index contributed by atoms with van der Waals surface area (Å²) in [5.41, 5.74) is 0. The van der Waals surface area contributed by atoms with E-state index in [1.807, 2.05) is 13.8 Å². The van der Waals surface area contributed by atoms with Crippen LogP contribution < -0.4 is 0 Å². The summed E-state index contributed by atoms with van der Waals surface area (Å²) in [5.74, 6) is 1.10. The zero-order chi connectivity index (χ0) is 12.9. The van der Waals surface area contributed by atoms with Crippen molar-refractivity contribution in [1.29, 1.82) is 0 Å². The number of hydrogen-bond donors (Lipinski definition) is 0. The minimum absolute atomic E-state index is 0.00750. The van der Waals surface area contributed by atoms with Gasteiger partial charge in [-0.25, -0.2) is 9.69 Å². The number of imide groups is 1. The van der Waals surface area contributed by atoms with Crippen LogP contribution in [-0.2, 0) is 9.53 Å². The Balaban J connectivity index is 1.79. The first-order chi connectivity index (χ1) is 8.58. The lowest BCUT2D eigenvalue weighted by Gasteiger charge is -2.27. The lowest BCUT2D eigenvalue weighted by molar-refractivity contribution is -0.134. The molecule has 2 amide bonds. The third-order valence-corrected chi connectivity index (χ3v) is 4.51. The SMILES string of the molecule is CC(C)[C@H]1COC(=O)N1C(=O)C1CC2C=CC1C2. The predicted octanol–water partition coefficient (Wildman–Crippen LogP) is 2.20. The fraction of sp³-hybridized carbons (Fsp3) is 0.714. The molecule has 0 N–H and O–H groups in total. The van der Waals surface area contributed by atoms with E-state index in [0.717, 1.165) is 12.8 Å². The summed E-state index contributed by atoms with van der Waals surface area (Å²) in [6.07, 6.45) is 5.87. The van der Waals surface area contributed by atoms with E-state index in [2.05, 4.69) is 12.2 Å². The molecule has 1 heterocycles. The zero-order valence-electron chi connectivity index (χ0n) is 10.8. The number of carbonyl (C=O) groups is 2. The predicted molar refractivity (Wildman–Crippen MR) is 65.7 cm³/mol. The monoisotopic (exact) mass is 249 g/mol. The average molecular weight is 249 g/mol. The molecule has 4 heteroatoms. The summed E-state index contributed by atoms with van der Waals surface area (Å²) >= 11 is 0. The first-order valence-corrected chi connectivity index (χ1v) is 6.76. The molecule has 3 rings (SSSR count). The van der Waals surface area contributed by atoms with Crippen LogP contribution in [0.4, 0.5) is 4.79 Å². The van der Waals surface area contributed by atoms with Crippen LogP contribution in [0, 0.1) is 23.7 Å². The molecular weight excluding hydrogens is 230 g/mol. The fourth-order valence-corrected chi connectivity index (χ4v) is 3.42. The van der Waals surface area contributed by atoms with E-state index >= 15 is 0 Å². The third-order valence-electron chi connectivity index (χ3n) is 4.51. The molecule has 18 heavy (non-hydrogen) atoms. The summed E-state index contributed by atoms with van der Waals surface area (Å²) in [6.45, 7) is 4.39. The van der Waals surface area contributed by atoms with Crippen molar-refractivity contribution >= 4 is 12.0 Å². The highest BCUT2D eigenvalue weighted by atomic mass is 16.6. The summed E-state index contributed by atoms with van der Waals surface area (Å²) < 4.78 is 5.05. The largest absolute Gasteiger partial charge is 0.447 e. The number of rotatable bonds is 2. The van der Waals surface area contributed by atoms with Gasteiger partial charge in [-0.1, -0.05) is 26.0 Å². The molecule has 0 radical (unpaired) electrons. The Morgan fingerprint density at radius 3 is 2.72 bits per heavy atom. The van der Waals surface area contributed by atoms with E-state index < -0.39 is 6.09 Å². The minimum atomic E-state index is -0.453. The molecule has 0 aromatic rings. The molecule has 3 unspecified atom stereocenters. The highest BCUT2D eigenvalue weighted by Gasteiger charge is 2.47. The second-order valence-electron chi connectivity index (χ2n) is 5.98. The zero-order valence-corrected chi connectivity index (χ0v) is 10.8. The van der Waals surface area contributed by atoms with Crippen molar-refractivity contribution in [3.05, 3.63) is 12.2 Å². The molecule has 4 atom stereocenters. The van der Waals surface area contributed by atoms with E-state index in [0.29, 0.717) is 18.4 Å². The van der Waals surface area contributed by atoms with Gasteiger partial charge < -0.3 is 4.74 Å². The Labute approximate surface area is 107 Å². The molecule has 0 spiro atoms. The van der Waals surface area contributed by atoms with Crippen molar-refractivity contribution in [1.82, 2.24) is 4.90 Å². The first-order valence-electron chi connectivity index (χ1n) is 6.76. The van der Waals surface area contributed by atoms with E-state index in [1.165, 1.54) is 4.90 Å². The Kier molecular flexibility index (Phi) is 2.68. The highest BCUT2D eigenvalue weighted by molar-refractivity contribution is 5.95. The molecule has 2 fully saturated rings. The minimum Gasteiger partial charge on any atom is -0.447 e. The third kappa shape index (κ3) is 1.66. The van der Waals surface area contributed by atoms with Gasteiger partial charge in [-0.3, -0.25) is 4.79 Å². The average Bonchev–Trinajstić information content (AvgIpc) is 3.01. The van der Waals surface area contributed by atoms with Gasteiger partial charge in [0.25, 0.3) is 0 Å². The van der Waals surface area contributed by atoms with Gasteiger partial charge in [-0.2, -0.15) is 0 Å². The van der Waals surface area contributed by atoms with Crippen LogP contribution in [0.5, 0.6) is 0 Å². The number of hydrogen-bond acceptors (Lipinski definition) is 3. The Bertz CT molecular complexity index is 415. The molecule has 0 aromatic carbocycles. The van der Waals surface area contributed by atoms with Crippen molar-refractivity contribution in [3.8, 4) is 0 Å². The van der Waals surface area contributed by atoms with Crippen molar-refractivity contribution in [2.75, 3.05) is 6.61 Å². The van der Waals surface area contributed by atoms with Gasteiger partial charge in [0.2, 0.25) is 5.91 Å². The van der Waals surface area contributed by atoms with Gasteiger partial charge in [-0.05, 0) is 30.6 Å². The van der Waals surface area contributed by atoms with Crippen LogP contribution in [0.15, 0.2) is 12.2 Å². The van der Waals surface area contributed by atoms with Crippen molar-refractivity contribution in [3.63, 3.8) is 0 Å². The lowest BCUT2D eigenvalue weighted by atomic mass is 9.91. The molecule has 2 aliphatic carbocycles. The Morgan fingerprint density at radius 1 is 1.39 bits per heavy atom. The van der Waals surface area contributed by atoms with Crippen molar-refractivity contribution in [2.45, 2.75) is 32.7 Å². The molecule has 1 saturated heterocycles. The van der Waals surface area contributed by atoms with Crippen LogP contribution in [-0.4, -0.2) is 29.5 Å². The molecule has 0 aromatic heterocycles. The maximum atomic E-state index is 12.6. The summed E-state index contributed by atoms with van der Waals surface area (Å²) in [7, 11) is 0. The summed E-state index contributed by atoms with van der Waals surface area (Å²) in [6, 6.07) is -0.0897. The number of fused-ring (bicyclic) bond motifs is 2. The van der Waals surface area contributed by atoms with Crippen LogP contribution in [0.3, 0.4) is 0 Å². The van der Waals surface area contributed by atoms with Crippen molar-refractivity contribution < 1.29 is 14.3 Å². The maximum absolute atomic E-state index is 12.6. The molecular formula is C14H19NO3. The van der Waals surface area contributed by atoms with Crippen molar-refractivity contribution in [2.24, 2.45) is 23.7 Å². The van der Waals surface area contributed by atoms with Crippen LogP contribution >= 0.6 is 0 Å².